The molecular formula is C14H15ClN2O6. The van der Waals surface area contributed by atoms with Crippen LogP contribution in [0.5, 0.6) is 0 Å². The summed E-state index contributed by atoms with van der Waals surface area (Å²) in [5.41, 5.74) is -0.262. The number of nitrogens with one attached hydrogen (secondary N) is 1. The van der Waals surface area contributed by atoms with Crippen LogP contribution in [0.25, 0.3) is 0 Å². The third-order valence-corrected chi connectivity index (χ3v) is 3.94. The minimum atomic E-state index is -1.16. The second-order valence-electron chi connectivity index (χ2n) is 5.19. The molecule has 124 valence electrons. The van der Waals surface area contributed by atoms with Gasteiger partial charge in [0.05, 0.1) is 22.1 Å². The van der Waals surface area contributed by atoms with Crippen molar-refractivity contribution in [2.24, 2.45) is 5.92 Å². The van der Waals surface area contributed by atoms with E-state index < -0.39 is 22.8 Å². The van der Waals surface area contributed by atoms with Crippen LogP contribution >= 0.6 is 11.6 Å². The largest absolute Gasteiger partial charge is 0.480 e. The number of amides is 1. The molecule has 23 heavy (non-hydrogen) atoms. The van der Waals surface area contributed by atoms with Gasteiger partial charge in [-0.15, -0.1) is 0 Å². The van der Waals surface area contributed by atoms with Crippen molar-refractivity contribution < 1.29 is 24.4 Å². The van der Waals surface area contributed by atoms with E-state index in [4.69, 9.17) is 16.3 Å². The lowest BCUT2D eigenvalue weighted by Crippen LogP contribution is -2.48. The Kier molecular flexibility index (Phi) is 5.51. The van der Waals surface area contributed by atoms with Gasteiger partial charge in [0.25, 0.3) is 11.6 Å². The Morgan fingerprint density at radius 2 is 2.22 bits per heavy atom. The maximum atomic E-state index is 12.2. The molecular weight excluding hydrogens is 328 g/mol. The summed E-state index contributed by atoms with van der Waals surface area (Å²) in [5, 5.41) is 22.3. The van der Waals surface area contributed by atoms with Crippen LogP contribution in [0.3, 0.4) is 0 Å². The number of carboxylic acid groups (broad SMARTS) is 1. The molecule has 1 amide bonds. The number of carbonyl (C=O) groups is 2. The van der Waals surface area contributed by atoms with Gasteiger partial charge in [-0.05, 0) is 18.9 Å². The molecule has 0 saturated carbocycles. The topological polar surface area (TPSA) is 119 Å². The summed E-state index contributed by atoms with van der Waals surface area (Å²) in [6, 6.07) is 2.29. The van der Waals surface area contributed by atoms with Crippen molar-refractivity contribution in [3.8, 4) is 0 Å². The van der Waals surface area contributed by atoms with Gasteiger partial charge >= 0.3 is 5.97 Å². The molecule has 2 unspecified atom stereocenters. The van der Waals surface area contributed by atoms with Crippen molar-refractivity contribution >= 4 is 29.2 Å². The number of hydrogen-bond donors (Lipinski definition) is 2. The molecule has 1 fully saturated rings. The lowest BCUT2D eigenvalue weighted by atomic mass is 9.93. The Balaban J connectivity index is 2.15. The number of carboxylic acids is 1. The van der Waals surface area contributed by atoms with Gasteiger partial charge in [-0.1, -0.05) is 11.6 Å². The molecule has 2 rings (SSSR count). The predicted octanol–water partition coefficient (Wildman–Crippen LogP) is 1.86. The lowest BCUT2D eigenvalue weighted by molar-refractivity contribution is -0.384. The number of rotatable bonds is 5. The van der Waals surface area contributed by atoms with Crippen molar-refractivity contribution in [1.82, 2.24) is 5.32 Å². The number of nitro groups is 1. The molecule has 2 atom stereocenters. The highest BCUT2D eigenvalue weighted by atomic mass is 35.5. The normalized spacial score (nSPS) is 18.9. The minimum absolute atomic E-state index is 0.0137. The number of aliphatic carboxylic acids is 1. The second kappa shape index (κ2) is 7.38. The number of halogens is 1. The predicted molar refractivity (Wildman–Crippen MR) is 80.5 cm³/mol. The zero-order chi connectivity index (χ0) is 17.0. The molecule has 1 aliphatic rings. The number of hydrogen-bond acceptors (Lipinski definition) is 5. The first-order chi connectivity index (χ1) is 10.9. The van der Waals surface area contributed by atoms with Crippen molar-refractivity contribution in [2.45, 2.75) is 18.9 Å². The number of ether oxygens (including phenoxy) is 1. The van der Waals surface area contributed by atoms with Gasteiger partial charge in [-0.3, -0.25) is 14.9 Å². The smallest absolute Gasteiger partial charge is 0.326 e. The fourth-order valence-electron chi connectivity index (χ4n) is 2.43. The van der Waals surface area contributed by atoms with E-state index in [9.17, 15) is 24.8 Å². The third kappa shape index (κ3) is 4.17. The first kappa shape index (κ1) is 17.2. The van der Waals surface area contributed by atoms with E-state index in [-0.39, 0.29) is 28.8 Å². The molecule has 9 heteroatoms. The molecule has 2 N–H and O–H groups in total. The van der Waals surface area contributed by atoms with Crippen LogP contribution in [-0.2, 0) is 9.53 Å². The summed E-state index contributed by atoms with van der Waals surface area (Å²) >= 11 is 5.88. The highest BCUT2D eigenvalue weighted by molar-refractivity contribution is 6.34. The third-order valence-electron chi connectivity index (χ3n) is 3.63. The van der Waals surface area contributed by atoms with Crippen LogP contribution in [-0.4, -0.2) is 41.2 Å². The summed E-state index contributed by atoms with van der Waals surface area (Å²) in [6.07, 6.45) is 1.36. The number of nitro benzene ring substituents is 1. The van der Waals surface area contributed by atoms with Crippen LogP contribution in [0.15, 0.2) is 18.2 Å². The molecule has 0 aromatic heterocycles. The molecule has 0 spiro atoms. The number of benzene rings is 1. The first-order valence-electron chi connectivity index (χ1n) is 6.95. The highest BCUT2D eigenvalue weighted by Crippen LogP contribution is 2.23. The van der Waals surface area contributed by atoms with E-state index >= 15 is 0 Å². The summed E-state index contributed by atoms with van der Waals surface area (Å²) in [7, 11) is 0. The van der Waals surface area contributed by atoms with Gasteiger partial charge in [0.2, 0.25) is 0 Å². The molecule has 1 aliphatic heterocycles. The molecule has 0 radical (unpaired) electrons. The molecule has 1 aromatic rings. The van der Waals surface area contributed by atoms with Gasteiger partial charge < -0.3 is 15.2 Å². The Morgan fingerprint density at radius 3 is 2.74 bits per heavy atom. The van der Waals surface area contributed by atoms with Crippen molar-refractivity contribution in [2.75, 3.05) is 13.2 Å². The molecule has 1 heterocycles. The minimum Gasteiger partial charge on any atom is -0.480 e. The maximum Gasteiger partial charge on any atom is 0.326 e. The van der Waals surface area contributed by atoms with Gasteiger partial charge in [-0.2, -0.15) is 0 Å². The summed E-state index contributed by atoms with van der Waals surface area (Å²) in [4.78, 5) is 33.7. The van der Waals surface area contributed by atoms with Crippen LogP contribution < -0.4 is 5.32 Å². The van der Waals surface area contributed by atoms with Crippen LogP contribution in [0.4, 0.5) is 5.69 Å². The quantitative estimate of drug-likeness (QED) is 0.622. The molecule has 1 aromatic carbocycles. The summed E-state index contributed by atoms with van der Waals surface area (Å²) < 4.78 is 5.25. The van der Waals surface area contributed by atoms with E-state index in [0.717, 1.165) is 18.6 Å². The molecule has 1 saturated heterocycles. The van der Waals surface area contributed by atoms with Crippen molar-refractivity contribution in [1.29, 1.82) is 0 Å². The van der Waals surface area contributed by atoms with Crippen molar-refractivity contribution in [3.63, 3.8) is 0 Å². The van der Waals surface area contributed by atoms with Crippen LogP contribution in [0.2, 0.25) is 5.02 Å². The molecule has 0 bridgehead atoms. The maximum absolute atomic E-state index is 12.2. The highest BCUT2D eigenvalue weighted by Gasteiger charge is 2.32. The van der Waals surface area contributed by atoms with Crippen LogP contribution in [0.1, 0.15) is 23.2 Å². The lowest BCUT2D eigenvalue weighted by Gasteiger charge is -2.28. The second-order valence-corrected chi connectivity index (χ2v) is 5.60. The van der Waals surface area contributed by atoms with E-state index in [1.54, 1.807) is 0 Å². The SMILES string of the molecule is O=C(NC(C(=O)O)C1CCCOC1)c1ccc([N+](=O)[O-])cc1Cl. The number of nitrogens with zero attached hydrogens (tertiary/aromatic N) is 1. The average Bonchev–Trinajstić information content (AvgIpc) is 2.52. The van der Waals surface area contributed by atoms with Gasteiger partial charge in [0, 0.05) is 24.7 Å². The Hall–Kier alpha value is -2.19. The van der Waals surface area contributed by atoms with Gasteiger partial charge in [-0.25, -0.2) is 4.79 Å². The van der Waals surface area contributed by atoms with Crippen molar-refractivity contribution in [3.05, 3.63) is 38.9 Å². The standard InChI is InChI=1S/C14H15ClN2O6/c15-11-6-9(17(21)22)3-4-10(11)13(18)16-12(14(19)20)8-2-1-5-23-7-8/h3-4,6,8,12H,1-2,5,7H2,(H,16,18)(H,19,20). The molecule has 0 aliphatic carbocycles. The van der Waals surface area contributed by atoms with Gasteiger partial charge in [0.15, 0.2) is 0 Å². The van der Waals surface area contributed by atoms with Gasteiger partial charge in [0.1, 0.15) is 6.04 Å². The van der Waals surface area contributed by atoms with Crippen LogP contribution in [0, 0.1) is 16.0 Å². The Morgan fingerprint density at radius 1 is 1.48 bits per heavy atom. The monoisotopic (exact) mass is 342 g/mol. The Bertz CT molecular complexity index is 630. The molecule has 8 nitrogen and oxygen atoms in total. The van der Waals surface area contributed by atoms with E-state index in [1.165, 1.54) is 6.07 Å². The fraction of sp³-hybridized carbons (Fsp3) is 0.429. The summed E-state index contributed by atoms with van der Waals surface area (Å²) in [6.45, 7) is 0.830. The zero-order valence-corrected chi connectivity index (χ0v) is 12.8. The average molecular weight is 343 g/mol. The fourth-order valence-corrected chi connectivity index (χ4v) is 2.69. The van der Waals surface area contributed by atoms with E-state index in [1.807, 2.05) is 0 Å². The first-order valence-corrected chi connectivity index (χ1v) is 7.33. The Labute approximate surface area is 136 Å². The van der Waals surface area contributed by atoms with E-state index in [0.29, 0.717) is 13.0 Å². The zero-order valence-electron chi connectivity index (χ0n) is 12.0. The summed E-state index contributed by atoms with van der Waals surface area (Å²) in [5.74, 6) is -2.18. The van der Waals surface area contributed by atoms with E-state index in [2.05, 4.69) is 5.32 Å². The number of non-ortho nitro benzene ring substituents is 1. The number of carbonyl (C=O) groups excluding carboxylic acids is 1.